The molecule has 2 heterocycles. The number of nitrogens with one attached hydrogen (secondary N) is 2. The van der Waals surface area contributed by atoms with Gasteiger partial charge in [0.1, 0.15) is 28.5 Å². The van der Waals surface area contributed by atoms with E-state index in [-0.39, 0.29) is 32.9 Å². The number of hydrogen-bond donors (Lipinski definition) is 2. The van der Waals surface area contributed by atoms with E-state index in [9.17, 15) is 18.0 Å². The lowest BCUT2D eigenvalue weighted by molar-refractivity contribution is -0.141. The fourth-order valence-corrected chi connectivity index (χ4v) is 2.96. The van der Waals surface area contributed by atoms with E-state index in [0.29, 0.717) is 5.56 Å². The van der Waals surface area contributed by atoms with E-state index in [1.54, 1.807) is 18.2 Å². The van der Waals surface area contributed by atoms with Crippen molar-refractivity contribution < 1.29 is 22.5 Å². The molecule has 1 amide bonds. The Labute approximate surface area is 166 Å². The molecular weight excluding hydrogens is 420 g/mol. The average molecular weight is 431 g/mol. The fourth-order valence-electron chi connectivity index (χ4n) is 2.38. The first-order valence-electron chi connectivity index (χ1n) is 7.69. The maximum absolute atomic E-state index is 12.7. The molecule has 0 aliphatic rings. The molecule has 0 radical (unpaired) electrons. The highest BCUT2D eigenvalue weighted by atomic mass is 35.5. The SMILES string of the molecule is Cc1onc(-c2c(Cl)cccc2Cl)c1C(=O)NNc1cccc(C(F)(F)F)n1. The zero-order valence-corrected chi connectivity index (χ0v) is 15.6. The zero-order chi connectivity index (χ0) is 20.5. The van der Waals surface area contributed by atoms with Crippen LogP contribution in [0, 0.1) is 6.92 Å². The number of rotatable bonds is 4. The molecular formula is C17H11Cl2F3N4O2. The number of anilines is 1. The van der Waals surface area contributed by atoms with E-state index < -0.39 is 17.8 Å². The topological polar surface area (TPSA) is 80.0 Å². The van der Waals surface area contributed by atoms with Crippen molar-refractivity contribution in [2.75, 3.05) is 5.43 Å². The van der Waals surface area contributed by atoms with Crippen LogP contribution in [0.2, 0.25) is 10.0 Å². The molecule has 11 heteroatoms. The number of aryl methyl sites for hydroxylation is 1. The molecule has 1 aromatic carbocycles. The quantitative estimate of drug-likeness (QED) is 0.561. The Balaban J connectivity index is 1.86. The number of aromatic nitrogens is 2. The molecule has 0 aliphatic carbocycles. The highest BCUT2D eigenvalue weighted by Crippen LogP contribution is 2.36. The van der Waals surface area contributed by atoms with Crippen LogP contribution in [-0.2, 0) is 6.18 Å². The fraction of sp³-hybridized carbons (Fsp3) is 0.118. The molecule has 3 aromatic rings. The predicted molar refractivity (Wildman–Crippen MR) is 97.0 cm³/mol. The van der Waals surface area contributed by atoms with Crippen molar-refractivity contribution in [1.82, 2.24) is 15.6 Å². The predicted octanol–water partition coefficient (Wildman–Crippen LogP) is 5.13. The van der Waals surface area contributed by atoms with Crippen LogP contribution in [0.15, 0.2) is 40.9 Å². The van der Waals surface area contributed by atoms with Gasteiger partial charge in [0.15, 0.2) is 0 Å². The minimum absolute atomic E-state index is 0.0227. The average Bonchev–Trinajstić information content (AvgIpc) is 3.00. The molecule has 0 atom stereocenters. The lowest BCUT2D eigenvalue weighted by Crippen LogP contribution is -2.30. The van der Waals surface area contributed by atoms with Crippen LogP contribution in [0.3, 0.4) is 0 Å². The summed E-state index contributed by atoms with van der Waals surface area (Å²) < 4.78 is 43.3. The van der Waals surface area contributed by atoms with Gasteiger partial charge in [-0.2, -0.15) is 13.2 Å². The third-order valence-corrected chi connectivity index (χ3v) is 4.26. The van der Waals surface area contributed by atoms with Gasteiger partial charge in [-0.3, -0.25) is 15.6 Å². The van der Waals surface area contributed by atoms with Crippen molar-refractivity contribution >= 4 is 34.9 Å². The smallest absolute Gasteiger partial charge is 0.360 e. The van der Waals surface area contributed by atoms with Gasteiger partial charge in [0.25, 0.3) is 5.91 Å². The van der Waals surface area contributed by atoms with Crippen LogP contribution in [0.5, 0.6) is 0 Å². The number of carbonyl (C=O) groups excluding carboxylic acids is 1. The van der Waals surface area contributed by atoms with Gasteiger partial charge in [-0.25, -0.2) is 4.98 Å². The summed E-state index contributed by atoms with van der Waals surface area (Å²) in [5.41, 5.74) is 3.92. The number of carbonyl (C=O) groups is 1. The lowest BCUT2D eigenvalue weighted by Gasteiger charge is -2.11. The first-order valence-corrected chi connectivity index (χ1v) is 8.45. The van der Waals surface area contributed by atoms with E-state index in [1.165, 1.54) is 13.0 Å². The van der Waals surface area contributed by atoms with Gasteiger partial charge in [0.05, 0.1) is 10.0 Å². The summed E-state index contributed by atoms with van der Waals surface area (Å²) in [4.78, 5) is 16.0. The first-order chi connectivity index (χ1) is 13.2. The second-order valence-corrected chi connectivity index (χ2v) is 6.36. The number of nitrogens with zero attached hydrogens (tertiary/aromatic N) is 2. The van der Waals surface area contributed by atoms with Gasteiger partial charge in [-0.05, 0) is 31.2 Å². The number of benzene rings is 1. The maximum Gasteiger partial charge on any atom is 0.433 e. The summed E-state index contributed by atoms with van der Waals surface area (Å²) >= 11 is 12.3. The first kappa shape index (κ1) is 20.0. The highest BCUT2D eigenvalue weighted by molar-refractivity contribution is 6.39. The largest absolute Gasteiger partial charge is 0.433 e. The number of hydrazine groups is 1. The second kappa shape index (κ2) is 7.69. The summed E-state index contributed by atoms with van der Waals surface area (Å²) in [7, 11) is 0. The minimum Gasteiger partial charge on any atom is -0.360 e. The van der Waals surface area contributed by atoms with Crippen molar-refractivity contribution in [3.8, 4) is 11.3 Å². The van der Waals surface area contributed by atoms with E-state index in [4.69, 9.17) is 27.7 Å². The Kier molecular flexibility index (Phi) is 5.48. The molecule has 2 aromatic heterocycles. The van der Waals surface area contributed by atoms with Crippen LogP contribution in [0.4, 0.5) is 19.0 Å². The standard InChI is InChI=1S/C17H11Cl2F3N4O2/c1-8-13(15(26-28-8)14-9(18)4-2-5-10(14)19)16(27)25-24-12-7-3-6-11(23-12)17(20,21)22/h2-7H,1H3,(H,23,24)(H,25,27). The number of alkyl halides is 3. The number of halogens is 5. The molecule has 0 bridgehead atoms. The summed E-state index contributed by atoms with van der Waals surface area (Å²) in [6, 6.07) is 8.00. The van der Waals surface area contributed by atoms with Crippen LogP contribution in [0.1, 0.15) is 21.8 Å². The van der Waals surface area contributed by atoms with E-state index in [2.05, 4.69) is 21.0 Å². The molecule has 6 nitrogen and oxygen atoms in total. The molecule has 28 heavy (non-hydrogen) atoms. The van der Waals surface area contributed by atoms with Gasteiger partial charge in [-0.15, -0.1) is 0 Å². The van der Waals surface area contributed by atoms with Gasteiger partial charge in [0, 0.05) is 5.56 Å². The Hall–Kier alpha value is -2.78. The van der Waals surface area contributed by atoms with Crippen molar-refractivity contribution in [2.45, 2.75) is 13.1 Å². The van der Waals surface area contributed by atoms with Crippen molar-refractivity contribution in [1.29, 1.82) is 0 Å². The summed E-state index contributed by atoms with van der Waals surface area (Å²) in [5, 5.41) is 4.34. The maximum atomic E-state index is 12.7. The molecule has 0 saturated heterocycles. The van der Waals surface area contributed by atoms with Crippen LogP contribution in [0.25, 0.3) is 11.3 Å². The second-order valence-electron chi connectivity index (χ2n) is 5.54. The van der Waals surface area contributed by atoms with Crippen molar-refractivity contribution in [3.05, 3.63) is 63.5 Å². The Morgan fingerprint density at radius 2 is 1.75 bits per heavy atom. The van der Waals surface area contributed by atoms with E-state index >= 15 is 0 Å². The van der Waals surface area contributed by atoms with E-state index in [1.807, 2.05) is 0 Å². The highest BCUT2D eigenvalue weighted by Gasteiger charge is 2.32. The van der Waals surface area contributed by atoms with Gasteiger partial charge in [0.2, 0.25) is 0 Å². The zero-order valence-electron chi connectivity index (χ0n) is 14.1. The summed E-state index contributed by atoms with van der Waals surface area (Å²) in [6.07, 6.45) is -4.61. The van der Waals surface area contributed by atoms with Gasteiger partial charge in [-0.1, -0.05) is 40.5 Å². The molecule has 2 N–H and O–H groups in total. The third-order valence-electron chi connectivity index (χ3n) is 3.63. The van der Waals surface area contributed by atoms with Crippen molar-refractivity contribution in [3.63, 3.8) is 0 Å². The Morgan fingerprint density at radius 3 is 2.39 bits per heavy atom. The minimum atomic E-state index is -4.61. The molecule has 0 unspecified atom stereocenters. The molecule has 3 rings (SSSR count). The van der Waals surface area contributed by atoms with E-state index in [0.717, 1.165) is 12.1 Å². The van der Waals surface area contributed by atoms with Crippen LogP contribution in [-0.4, -0.2) is 16.0 Å². The summed E-state index contributed by atoms with van der Waals surface area (Å²) in [6.45, 7) is 1.50. The van der Waals surface area contributed by atoms with Gasteiger partial charge < -0.3 is 4.52 Å². The number of amides is 1. The molecule has 0 spiro atoms. The third kappa shape index (κ3) is 4.05. The molecule has 0 fully saturated rings. The molecule has 0 saturated carbocycles. The number of pyridine rings is 1. The monoisotopic (exact) mass is 430 g/mol. The van der Waals surface area contributed by atoms with Crippen LogP contribution < -0.4 is 10.9 Å². The normalized spacial score (nSPS) is 11.4. The number of hydrogen-bond acceptors (Lipinski definition) is 5. The Morgan fingerprint density at radius 1 is 1.11 bits per heavy atom. The molecule has 146 valence electrons. The lowest BCUT2D eigenvalue weighted by atomic mass is 10.1. The van der Waals surface area contributed by atoms with Crippen molar-refractivity contribution in [2.24, 2.45) is 0 Å². The Bertz CT molecular complexity index is 1020. The van der Waals surface area contributed by atoms with Gasteiger partial charge >= 0.3 is 6.18 Å². The molecule has 0 aliphatic heterocycles. The summed E-state index contributed by atoms with van der Waals surface area (Å²) in [5.74, 6) is -0.749. The van der Waals surface area contributed by atoms with Crippen LogP contribution >= 0.6 is 23.2 Å².